The number of methoxy groups -OCH3 is 1. The number of piperazine rings is 1. The van der Waals surface area contributed by atoms with Crippen LogP contribution < -0.4 is 5.73 Å². The molecular weight excluding hydrogens is 226 g/mol. The van der Waals surface area contributed by atoms with E-state index in [0.717, 1.165) is 26.2 Å². The van der Waals surface area contributed by atoms with Gasteiger partial charge in [-0.15, -0.1) is 0 Å². The zero-order valence-corrected chi connectivity index (χ0v) is 12.0. The summed E-state index contributed by atoms with van der Waals surface area (Å²) in [4.78, 5) is 5.14. The van der Waals surface area contributed by atoms with Gasteiger partial charge in [0.15, 0.2) is 0 Å². The van der Waals surface area contributed by atoms with E-state index in [1.54, 1.807) is 0 Å². The zero-order chi connectivity index (χ0) is 13.0. The summed E-state index contributed by atoms with van der Waals surface area (Å²) in [5.41, 5.74) is 6.27. The van der Waals surface area contributed by atoms with Crippen molar-refractivity contribution in [3.8, 4) is 0 Å². The molecule has 1 heterocycles. The van der Waals surface area contributed by atoms with Crippen molar-refractivity contribution in [1.82, 2.24) is 9.80 Å². The van der Waals surface area contributed by atoms with Crippen molar-refractivity contribution in [3.05, 3.63) is 0 Å². The Morgan fingerprint density at radius 2 is 1.94 bits per heavy atom. The molecule has 2 fully saturated rings. The van der Waals surface area contributed by atoms with E-state index in [0.29, 0.717) is 6.10 Å². The largest absolute Gasteiger partial charge is 0.379 e. The second kappa shape index (κ2) is 6.33. The van der Waals surface area contributed by atoms with Crippen molar-refractivity contribution in [2.45, 2.75) is 44.2 Å². The summed E-state index contributed by atoms with van der Waals surface area (Å²) in [6.07, 6.45) is 5.28. The van der Waals surface area contributed by atoms with Gasteiger partial charge >= 0.3 is 0 Å². The SMILES string of the molecule is CCN1CCN(C2(CN)CCCCC2OC)CC1. The van der Waals surface area contributed by atoms with Crippen LogP contribution in [0.1, 0.15) is 32.6 Å². The van der Waals surface area contributed by atoms with Crippen LogP contribution in [0.15, 0.2) is 0 Å². The monoisotopic (exact) mass is 255 g/mol. The molecule has 1 saturated carbocycles. The van der Waals surface area contributed by atoms with E-state index in [-0.39, 0.29) is 5.54 Å². The zero-order valence-electron chi connectivity index (χ0n) is 12.0. The van der Waals surface area contributed by atoms with Gasteiger partial charge in [-0.3, -0.25) is 4.90 Å². The molecule has 2 atom stereocenters. The van der Waals surface area contributed by atoms with E-state index in [4.69, 9.17) is 10.5 Å². The van der Waals surface area contributed by atoms with Crippen LogP contribution in [-0.4, -0.2) is 67.8 Å². The maximum absolute atomic E-state index is 6.17. The molecule has 2 aliphatic rings. The molecule has 0 amide bonds. The van der Waals surface area contributed by atoms with Gasteiger partial charge in [-0.1, -0.05) is 19.8 Å². The van der Waals surface area contributed by atoms with Crippen LogP contribution in [0.3, 0.4) is 0 Å². The highest BCUT2D eigenvalue weighted by Gasteiger charge is 2.45. The molecule has 1 saturated heterocycles. The lowest BCUT2D eigenvalue weighted by molar-refractivity contribution is -0.0882. The highest BCUT2D eigenvalue weighted by Crippen LogP contribution is 2.35. The molecule has 2 unspecified atom stereocenters. The van der Waals surface area contributed by atoms with E-state index in [2.05, 4.69) is 16.7 Å². The van der Waals surface area contributed by atoms with Gasteiger partial charge in [-0.25, -0.2) is 0 Å². The highest BCUT2D eigenvalue weighted by molar-refractivity contribution is 5.02. The average molecular weight is 255 g/mol. The van der Waals surface area contributed by atoms with Gasteiger partial charge < -0.3 is 15.4 Å². The minimum absolute atomic E-state index is 0.104. The third-order valence-corrected chi connectivity index (χ3v) is 5.01. The van der Waals surface area contributed by atoms with E-state index in [1.807, 2.05) is 7.11 Å². The van der Waals surface area contributed by atoms with Crippen molar-refractivity contribution in [2.24, 2.45) is 5.73 Å². The quantitative estimate of drug-likeness (QED) is 0.811. The highest BCUT2D eigenvalue weighted by atomic mass is 16.5. The standard InChI is InChI=1S/C14H29N3O/c1-3-16-8-10-17(11-9-16)14(12-15)7-5-4-6-13(14)18-2/h13H,3-12,15H2,1-2H3. The lowest BCUT2D eigenvalue weighted by Gasteiger charge is -2.52. The number of likely N-dealkylation sites (N-methyl/N-ethyl adjacent to an activating group) is 1. The van der Waals surface area contributed by atoms with Crippen LogP contribution in [0.2, 0.25) is 0 Å². The van der Waals surface area contributed by atoms with Crippen molar-refractivity contribution in [1.29, 1.82) is 0 Å². The Morgan fingerprint density at radius 3 is 2.50 bits per heavy atom. The summed E-state index contributed by atoms with van der Waals surface area (Å²) < 4.78 is 5.77. The molecule has 4 heteroatoms. The first-order chi connectivity index (χ1) is 8.76. The number of nitrogens with two attached hydrogens (primary N) is 1. The molecule has 0 spiro atoms. The van der Waals surface area contributed by atoms with Gasteiger partial charge in [0.25, 0.3) is 0 Å². The maximum atomic E-state index is 6.17. The van der Waals surface area contributed by atoms with Crippen LogP contribution in [-0.2, 0) is 4.74 Å². The molecule has 4 nitrogen and oxygen atoms in total. The van der Waals surface area contributed by atoms with Gasteiger partial charge in [0.2, 0.25) is 0 Å². The maximum Gasteiger partial charge on any atom is 0.0767 e. The van der Waals surface area contributed by atoms with Crippen LogP contribution >= 0.6 is 0 Å². The van der Waals surface area contributed by atoms with Gasteiger partial charge in [0.05, 0.1) is 11.6 Å². The molecule has 106 valence electrons. The first-order valence-electron chi connectivity index (χ1n) is 7.47. The van der Waals surface area contributed by atoms with Crippen LogP contribution in [0.4, 0.5) is 0 Å². The van der Waals surface area contributed by atoms with E-state index >= 15 is 0 Å². The third kappa shape index (κ3) is 2.57. The second-order valence-electron chi connectivity index (χ2n) is 5.70. The summed E-state index contributed by atoms with van der Waals surface area (Å²) in [6.45, 7) is 8.78. The Kier molecular flexibility index (Phi) is 5.01. The number of hydrogen-bond acceptors (Lipinski definition) is 4. The predicted molar refractivity (Wildman–Crippen MR) is 74.7 cm³/mol. The fraction of sp³-hybridized carbons (Fsp3) is 1.00. The normalized spacial score (nSPS) is 35.8. The lowest BCUT2D eigenvalue weighted by atomic mass is 9.77. The Morgan fingerprint density at radius 1 is 1.22 bits per heavy atom. The summed E-state index contributed by atoms with van der Waals surface area (Å²) in [7, 11) is 1.85. The molecule has 0 aromatic rings. The predicted octanol–water partition coefficient (Wildman–Crippen LogP) is 0.910. The van der Waals surface area contributed by atoms with E-state index in [1.165, 1.54) is 38.8 Å². The van der Waals surface area contributed by atoms with Gasteiger partial charge in [0.1, 0.15) is 0 Å². The lowest BCUT2D eigenvalue weighted by Crippen LogP contribution is -2.66. The summed E-state index contributed by atoms with van der Waals surface area (Å²) >= 11 is 0. The first kappa shape index (κ1) is 14.3. The molecule has 0 bridgehead atoms. The second-order valence-corrected chi connectivity index (χ2v) is 5.70. The molecular formula is C14H29N3O. The van der Waals surface area contributed by atoms with E-state index < -0.39 is 0 Å². The topological polar surface area (TPSA) is 41.7 Å². The number of rotatable bonds is 4. The van der Waals surface area contributed by atoms with Crippen LogP contribution in [0.25, 0.3) is 0 Å². The molecule has 2 N–H and O–H groups in total. The average Bonchev–Trinajstić information content (AvgIpc) is 2.47. The van der Waals surface area contributed by atoms with Gasteiger partial charge in [-0.2, -0.15) is 0 Å². The first-order valence-corrected chi connectivity index (χ1v) is 7.47. The molecule has 2 rings (SSSR count). The van der Waals surface area contributed by atoms with Crippen molar-refractivity contribution < 1.29 is 4.74 Å². The fourth-order valence-electron chi connectivity index (χ4n) is 3.76. The van der Waals surface area contributed by atoms with Crippen LogP contribution in [0, 0.1) is 0 Å². The molecule has 0 aromatic carbocycles. The molecule has 0 aromatic heterocycles. The van der Waals surface area contributed by atoms with Crippen molar-refractivity contribution >= 4 is 0 Å². The van der Waals surface area contributed by atoms with Gasteiger partial charge in [-0.05, 0) is 19.4 Å². The van der Waals surface area contributed by atoms with E-state index in [9.17, 15) is 0 Å². The van der Waals surface area contributed by atoms with Crippen molar-refractivity contribution in [3.63, 3.8) is 0 Å². The van der Waals surface area contributed by atoms with Crippen LogP contribution in [0.5, 0.6) is 0 Å². The Balaban J connectivity index is 2.06. The summed E-state index contributed by atoms with van der Waals surface area (Å²) in [5, 5.41) is 0. The minimum Gasteiger partial charge on any atom is -0.379 e. The molecule has 1 aliphatic heterocycles. The van der Waals surface area contributed by atoms with Crippen molar-refractivity contribution in [2.75, 3.05) is 46.4 Å². The smallest absolute Gasteiger partial charge is 0.0767 e. The summed E-state index contributed by atoms with van der Waals surface area (Å²) in [6, 6.07) is 0. The number of ether oxygens (including phenoxy) is 1. The fourth-order valence-corrected chi connectivity index (χ4v) is 3.76. The molecule has 0 radical (unpaired) electrons. The number of hydrogen-bond donors (Lipinski definition) is 1. The third-order valence-electron chi connectivity index (χ3n) is 5.01. The summed E-state index contributed by atoms with van der Waals surface area (Å²) in [5.74, 6) is 0. The number of nitrogens with zero attached hydrogens (tertiary/aromatic N) is 2. The van der Waals surface area contributed by atoms with Gasteiger partial charge in [0, 0.05) is 39.8 Å². The Bertz CT molecular complexity index is 253. The molecule has 18 heavy (non-hydrogen) atoms. The Labute approximate surface area is 111 Å². The minimum atomic E-state index is 0.104. The molecule has 1 aliphatic carbocycles. The Hall–Kier alpha value is -0.160.